The van der Waals surface area contributed by atoms with Crippen molar-refractivity contribution in [3.8, 4) is 0 Å². The summed E-state index contributed by atoms with van der Waals surface area (Å²) in [5, 5.41) is 0. The molecule has 3 rings (SSSR count). The van der Waals surface area contributed by atoms with Crippen molar-refractivity contribution in [3.63, 3.8) is 0 Å². The van der Waals surface area contributed by atoms with Gasteiger partial charge >= 0.3 is 25.7 Å². The molecule has 2 aromatic carbocycles. The predicted octanol–water partition coefficient (Wildman–Crippen LogP) is 4.50. The number of halogens is 3. The van der Waals surface area contributed by atoms with E-state index in [1.54, 1.807) is 0 Å². The van der Waals surface area contributed by atoms with Gasteiger partial charge in [0.05, 0.1) is 18.0 Å². The molecule has 1 aliphatic heterocycles. The van der Waals surface area contributed by atoms with Crippen molar-refractivity contribution in [3.05, 3.63) is 61.5 Å². The van der Waals surface area contributed by atoms with Gasteiger partial charge in [0.25, 0.3) is 0 Å². The molecule has 0 saturated heterocycles. The van der Waals surface area contributed by atoms with Crippen LogP contribution in [0.5, 0.6) is 0 Å². The maximum Gasteiger partial charge on any atom is 2.00 e. The second-order valence-corrected chi connectivity index (χ2v) is 4.72. The van der Waals surface area contributed by atoms with E-state index in [2.05, 4.69) is 6.07 Å². The summed E-state index contributed by atoms with van der Waals surface area (Å²) in [4.78, 5) is 3.81. The second kappa shape index (κ2) is 6.70. The van der Waals surface area contributed by atoms with Crippen LogP contribution in [0.4, 0.5) is 30.2 Å². The van der Waals surface area contributed by atoms with Gasteiger partial charge in [0.15, 0.2) is 0 Å². The third kappa shape index (κ3) is 3.27. The van der Waals surface area contributed by atoms with Gasteiger partial charge in [-0.05, 0) is 12.1 Å². The zero-order valence-corrected chi connectivity index (χ0v) is 13.7. The van der Waals surface area contributed by atoms with Crippen molar-refractivity contribution in [1.82, 2.24) is 0 Å². The molecule has 0 unspecified atom stereocenters. The van der Waals surface area contributed by atoms with E-state index in [0.29, 0.717) is 12.4 Å². The standard InChI is InChI=1S/C15H12F3N2.CH3.Rh/c1-19-10-20(14-8-3-2-7-13(14)19)12-6-4-5-11(9-12)15(16,17)18;;/h2-5,7-9H,10H2,1H3;1H3;/q2*-1;+2. The van der Waals surface area contributed by atoms with Gasteiger partial charge in [-0.25, -0.2) is 0 Å². The van der Waals surface area contributed by atoms with Crippen LogP contribution in [0.1, 0.15) is 5.56 Å². The van der Waals surface area contributed by atoms with Crippen LogP contribution >= 0.6 is 0 Å². The molecule has 0 aromatic heterocycles. The van der Waals surface area contributed by atoms with Gasteiger partial charge in [-0.2, -0.15) is 31.4 Å². The zero-order valence-electron chi connectivity index (χ0n) is 12.1. The molecular formula is C16H15F3N2Rh. The van der Waals surface area contributed by atoms with E-state index in [1.165, 1.54) is 6.07 Å². The molecule has 1 aliphatic rings. The SMILES string of the molecule is CN1CN(c2[c-]ccc(C(F)(F)F)c2)c2ccccc21.[CH3-].[Rh+2]. The molecule has 0 saturated carbocycles. The first-order valence-corrected chi connectivity index (χ1v) is 6.13. The summed E-state index contributed by atoms with van der Waals surface area (Å²) in [5.41, 5.74) is 1.67. The smallest absolute Gasteiger partial charge is 0.358 e. The molecule has 0 amide bonds. The Labute approximate surface area is 141 Å². The number of hydrogen-bond acceptors (Lipinski definition) is 2. The fourth-order valence-corrected chi connectivity index (χ4v) is 2.37. The molecule has 119 valence electrons. The Morgan fingerprint density at radius 1 is 1.09 bits per heavy atom. The molecule has 6 heteroatoms. The number of para-hydroxylation sites is 2. The van der Waals surface area contributed by atoms with Crippen molar-refractivity contribution in [2.45, 2.75) is 6.18 Å². The van der Waals surface area contributed by atoms with Crippen LogP contribution in [-0.2, 0) is 25.7 Å². The molecule has 2 aromatic rings. The molecule has 0 fully saturated rings. The molecule has 0 spiro atoms. The Morgan fingerprint density at radius 2 is 1.73 bits per heavy atom. The molecule has 0 atom stereocenters. The first-order chi connectivity index (χ1) is 9.47. The van der Waals surface area contributed by atoms with Crippen LogP contribution < -0.4 is 9.80 Å². The number of fused-ring (bicyclic) bond motifs is 1. The van der Waals surface area contributed by atoms with Crippen LogP contribution in [-0.4, -0.2) is 13.7 Å². The van der Waals surface area contributed by atoms with Gasteiger partial charge in [-0.1, -0.05) is 23.4 Å². The Balaban J connectivity index is 0.00000121. The predicted molar refractivity (Wildman–Crippen MR) is 78.5 cm³/mol. The maximum atomic E-state index is 12.8. The summed E-state index contributed by atoms with van der Waals surface area (Å²) in [6.45, 7) is 0.511. The van der Waals surface area contributed by atoms with Gasteiger partial charge < -0.3 is 17.2 Å². The van der Waals surface area contributed by atoms with Crippen LogP contribution in [0.2, 0.25) is 0 Å². The fourth-order valence-electron chi connectivity index (χ4n) is 2.37. The minimum atomic E-state index is -4.34. The minimum absolute atomic E-state index is 0. The first kappa shape index (κ1) is 18.5. The van der Waals surface area contributed by atoms with E-state index in [1.807, 2.05) is 41.1 Å². The number of alkyl halides is 3. The topological polar surface area (TPSA) is 6.48 Å². The van der Waals surface area contributed by atoms with E-state index in [-0.39, 0.29) is 26.9 Å². The molecular weight excluding hydrogens is 380 g/mol. The van der Waals surface area contributed by atoms with E-state index >= 15 is 0 Å². The maximum absolute atomic E-state index is 12.8. The normalized spacial score (nSPS) is 13.3. The average molecular weight is 395 g/mol. The number of rotatable bonds is 1. The second-order valence-electron chi connectivity index (χ2n) is 4.72. The summed E-state index contributed by atoms with van der Waals surface area (Å²) in [6, 6.07) is 14.0. The van der Waals surface area contributed by atoms with Gasteiger partial charge in [0.1, 0.15) is 0 Å². The van der Waals surface area contributed by atoms with E-state index in [4.69, 9.17) is 0 Å². The van der Waals surface area contributed by atoms with Gasteiger partial charge in [-0.15, -0.1) is 6.07 Å². The molecule has 2 nitrogen and oxygen atoms in total. The van der Waals surface area contributed by atoms with Crippen molar-refractivity contribution < 1.29 is 32.6 Å². The van der Waals surface area contributed by atoms with Gasteiger partial charge in [-0.3, -0.25) is 0 Å². The molecule has 1 radical (unpaired) electrons. The summed E-state index contributed by atoms with van der Waals surface area (Å²) in [5.74, 6) is 0. The van der Waals surface area contributed by atoms with Crippen molar-refractivity contribution in [2.75, 3.05) is 23.5 Å². The van der Waals surface area contributed by atoms with E-state index < -0.39 is 11.7 Å². The van der Waals surface area contributed by atoms with E-state index in [0.717, 1.165) is 23.5 Å². The Kier molecular flexibility index (Phi) is 5.63. The van der Waals surface area contributed by atoms with Crippen LogP contribution in [0, 0.1) is 13.5 Å². The summed E-state index contributed by atoms with van der Waals surface area (Å²) < 4.78 is 38.4. The first-order valence-electron chi connectivity index (χ1n) is 6.13. The zero-order chi connectivity index (χ0) is 14.3. The fraction of sp³-hybridized carbons (Fsp3) is 0.188. The van der Waals surface area contributed by atoms with Gasteiger partial charge in [0.2, 0.25) is 0 Å². The third-order valence-electron chi connectivity index (χ3n) is 3.34. The quantitative estimate of drug-likeness (QED) is 0.519. The Bertz CT molecular complexity index is 643. The summed E-state index contributed by atoms with van der Waals surface area (Å²) in [6.07, 6.45) is -4.34. The van der Waals surface area contributed by atoms with Crippen LogP contribution in [0.15, 0.2) is 42.5 Å². The van der Waals surface area contributed by atoms with Crippen molar-refractivity contribution >= 4 is 17.1 Å². The van der Waals surface area contributed by atoms with Crippen LogP contribution in [0.3, 0.4) is 0 Å². The van der Waals surface area contributed by atoms with Crippen molar-refractivity contribution in [2.24, 2.45) is 0 Å². The number of anilines is 3. The average Bonchev–Trinajstić information content (AvgIpc) is 2.76. The molecule has 22 heavy (non-hydrogen) atoms. The largest absolute Gasteiger partial charge is 2.00 e. The minimum Gasteiger partial charge on any atom is -0.358 e. The monoisotopic (exact) mass is 395 g/mol. The number of nitrogens with zero attached hydrogens (tertiary/aromatic N) is 2. The Morgan fingerprint density at radius 3 is 2.36 bits per heavy atom. The Hall–Kier alpha value is -1.55. The molecule has 0 bridgehead atoms. The third-order valence-corrected chi connectivity index (χ3v) is 3.34. The van der Waals surface area contributed by atoms with E-state index in [9.17, 15) is 13.2 Å². The van der Waals surface area contributed by atoms with Crippen molar-refractivity contribution in [1.29, 1.82) is 0 Å². The molecule has 0 aliphatic carbocycles. The van der Waals surface area contributed by atoms with Gasteiger partial charge in [0, 0.05) is 7.05 Å². The molecule has 0 N–H and O–H groups in total. The van der Waals surface area contributed by atoms with Crippen LogP contribution in [0.25, 0.3) is 0 Å². The number of hydrogen-bond donors (Lipinski definition) is 0. The summed E-state index contributed by atoms with van der Waals surface area (Å²) in [7, 11) is 1.91. The molecule has 1 heterocycles. The number of benzene rings is 2. The summed E-state index contributed by atoms with van der Waals surface area (Å²) >= 11 is 0.